The van der Waals surface area contributed by atoms with Crippen molar-refractivity contribution in [3.05, 3.63) is 29.3 Å². The highest BCUT2D eigenvalue weighted by Crippen LogP contribution is 2.33. The molecular formula is C17H21ClN2O3S. The molecule has 0 aliphatic carbocycles. The highest BCUT2D eigenvalue weighted by Gasteiger charge is 2.10. The van der Waals surface area contributed by atoms with Crippen LogP contribution in [0.1, 0.15) is 18.5 Å². The summed E-state index contributed by atoms with van der Waals surface area (Å²) in [5, 5.41) is 5.81. The van der Waals surface area contributed by atoms with E-state index >= 15 is 0 Å². The van der Waals surface area contributed by atoms with Crippen LogP contribution in [0.3, 0.4) is 0 Å². The number of amides is 1. The molecule has 130 valence electrons. The fourth-order valence-electron chi connectivity index (χ4n) is 2.17. The van der Waals surface area contributed by atoms with Gasteiger partial charge in [0.1, 0.15) is 5.01 Å². The van der Waals surface area contributed by atoms with E-state index in [4.69, 9.17) is 21.1 Å². The van der Waals surface area contributed by atoms with E-state index in [1.165, 1.54) is 0 Å². The zero-order valence-electron chi connectivity index (χ0n) is 13.8. The molecule has 0 saturated carbocycles. The predicted molar refractivity (Wildman–Crippen MR) is 97.3 cm³/mol. The molecule has 1 aromatic heterocycles. The molecule has 2 rings (SSSR count). The van der Waals surface area contributed by atoms with Crippen molar-refractivity contribution in [3.8, 4) is 22.1 Å². The molecule has 0 aliphatic heterocycles. The van der Waals surface area contributed by atoms with Gasteiger partial charge >= 0.3 is 0 Å². The van der Waals surface area contributed by atoms with E-state index in [9.17, 15) is 4.79 Å². The maximum Gasteiger partial charge on any atom is 0.220 e. The van der Waals surface area contributed by atoms with Crippen molar-refractivity contribution in [1.29, 1.82) is 0 Å². The maximum atomic E-state index is 11.5. The Labute approximate surface area is 151 Å². The number of hydrogen-bond acceptors (Lipinski definition) is 5. The first-order valence-corrected chi connectivity index (χ1v) is 9.08. The predicted octanol–water partition coefficient (Wildman–Crippen LogP) is 3.51. The van der Waals surface area contributed by atoms with Crippen molar-refractivity contribution in [3.63, 3.8) is 0 Å². The van der Waals surface area contributed by atoms with E-state index in [0.29, 0.717) is 43.2 Å². The largest absolute Gasteiger partial charge is 0.493 e. The molecule has 24 heavy (non-hydrogen) atoms. The average molecular weight is 369 g/mol. The number of carbonyl (C=O) groups is 1. The SMILES string of the molecule is COc1ccc(-c2nc(CCNC(=O)CCCCl)cs2)cc1OC. The number of rotatable bonds is 9. The number of nitrogens with one attached hydrogen (secondary N) is 1. The Hall–Kier alpha value is -1.79. The molecule has 1 aromatic carbocycles. The highest BCUT2D eigenvalue weighted by atomic mass is 35.5. The van der Waals surface area contributed by atoms with Crippen LogP contribution >= 0.6 is 22.9 Å². The molecule has 2 aromatic rings. The molecule has 0 aliphatic rings. The molecule has 0 spiro atoms. The second-order valence-corrected chi connectivity index (χ2v) is 6.34. The summed E-state index contributed by atoms with van der Waals surface area (Å²) in [7, 11) is 3.22. The molecule has 5 nitrogen and oxygen atoms in total. The smallest absolute Gasteiger partial charge is 0.220 e. The van der Waals surface area contributed by atoms with Crippen LogP contribution in [0.4, 0.5) is 0 Å². The first kappa shape index (κ1) is 18.5. The number of carbonyl (C=O) groups excluding carboxylic acids is 1. The summed E-state index contributed by atoms with van der Waals surface area (Å²) in [5.74, 6) is 1.91. The normalized spacial score (nSPS) is 10.5. The summed E-state index contributed by atoms with van der Waals surface area (Å²) in [4.78, 5) is 16.2. The van der Waals surface area contributed by atoms with Gasteiger partial charge in [0.05, 0.1) is 19.9 Å². The van der Waals surface area contributed by atoms with E-state index in [2.05, 4.69) is 10.3 Å². The van der Waals surface area contributed by atoms with Crippen LogP contribution in [0.2, 0.25) is 0 Å². The lowest BCUT2D eigenvalue weighted by Gasteiger charge is -2.08. The zero-order chi connectivity index (χ0) is 17.4. The molecule has 1 amide bonds. The van der Waals surface area contributed by atoms with Crippen LogP contribution in [0, 0.1) is 0 Å². The second-order valence-electron chi connectivity index (χ2n) is 5.11. The van der Waals surface area contributed by atoms with Crippen molar-refractivity contribution < 1.29 is 14.3 Å². The van der Waals surface area contributed by atoms with Crippen LogP contribution in [0.5, 0.6) is 11.5 Å². The summed E-state index contributed by atoms with van der Waals surface area (Å²) in [5.41, 5.74) is 1.94. The number of hydrogen-bond donors (Lipinski definition) is 1. The van der Waals surface area contributed by atoms with Gasteiger partial charge in [0.25, 0.3) is 0 Å². The van der Waals surface area contributed by atoms with Gasteiger partial charge in [-0.3, -0.25) is 4.79 Å². The fourth-order valence-corrected chi connectivity index (χ4v) is 3.15. The van der Waals surface area contributed by atoms with Crippen molar-refractivity contribution in [2.45, 2.75) is 19.3 Å². The lowest BCUT2D eigenvalue weighted by Crippen LogP contribution is -2.25. The fraction of sp³-hybridized carbons (Fsp3) is 0.412. The molecule has 0 atom stereocenters. The number of nitrogens with zero attached hydrogens (tertiary/aromatic N) is 1. The molecular weight excluding hydrogens is 348 g/mol. The van der Waals surface area contributed by atoms with Gasteiger partial charge in [0, 0.05) is 36.2 Å². The molecule has 0 fully saturated rings. The lowest BCUT2D eigenvalue weighted by molar-refractivity contribution is -0.121. The number of benzene rings is 1. The average Bonchev–Trinajstić information content (AvgIpc) is 3.08. The van der Waals surface area contributed by atoms with Crippen molar-refractivity contribution in [2.24, 2.45) is 0 Å². The van der Waals surface area contributed by atoms with Gasteiger partial charge in [-0.05, 0) is 24.6 Å². The summed E-state index contributed by atoms with van der Waals surface area (Å²) in [6.45, 7) is 0.580. The maximum absolute atomic E-state index is 11.5. The van der Waals surface area contributed by atoms with Crippen molar-refractivity contribution in [1.82, 2.24) is 10.3 Å². The first-order chi connectivity index (χ1) is 11.7. The summed E-state index contributed by atoms with van der Waals surface area (Å²) < 4.78 is 10.6. The van der Waals surface area contributed by atoms with Gasteiger partial charge < -0.3 is 14.8 Å². The summed E-state index contributed by atoms with van der Waals surface area (Å²) in [6, 6.07) is 5.74. The minimum Gasteiger partial charge on any atom is -0.493 e. The zero-order valence-corrected chi connectivity index (χ0v) is 15.4. The standard InChI is InChI=1S/C17H21ClN2O3S/c1-22-14-6-5-12(10-15(14)23-2)17-20-13(11-24-17)7-9-19-16(21)4-3-8-18/h5-6,10-11H,3-4,7-9H2,1-2H3,(H,19,21). The monoisotopic (exact) mass is 368 g/mol. The van der Waals surface area contributed by atoms with Crippen LogP contribution in [-0.2, 0) is 11.2 Å². The third kappa shape index (κ3) is 5.11. The van der Waals surface area contributed by atoms with Gasteiger partial charge in [0.2, 0.25) is 5.91 Å². The van der Waals surface area contributed by atoms with E-state index in [1.54, 1.807) is 25.6 Å². The summed E-state index contributed by atoms with van der Waals surface area (Å²) in [6.07, 6.45) is 1.88. The minimum atomic E-state index is 0.0333. The molecule has 0 bridgehead atoms. The van der Waals surface area contributed by atoms with Gasteiger partial charge in [-0.15, -0.1) is 22.9 Å². The van der Waals surface area contributed by atoms with Crippen LogP contribution in [0.15, 0.2) is 23.6 Å². The van der Waals surface area contributed by atoms with Crippen LogP contribution < -0.4 is 14.8 Å². The van der Waals surface area contributed by atoms with Crippen molar-refractivity contribution >= 4 is 28.8 Å². The molecule has 0 radical (unpaired) electrons. The Morgan fingerprint density at radius 3 is 2.79 bits per heavy atom. The second kappa shape index (κ2) is 9.49. The Balaban J connectivity index is 1.94. The number of thiazole rings is 1. The third-order valence-corrected chi connectivity index (χ3v) is 4.63. The Morgan fingerprint density at radius 1 is 1.29 bits per heavy atom. The van der Waals surface area contributed by atoms with Crippen molar-refractivity contribution in [2.75, 3.05) is 26.6 Å². The summed E-state index contributed by atoms with van der Waals surface area (Å²) >= 11 is 7.14. The van der Waals surface area contributed by atoms with Gasteiger partial charge in [-0.1, -0.05) is 0 Å². The van der Waals surface area contributed by atoms with E-state index in [-0.39, 0.29) is 5.91 Å². The molecule has 1 N–H and O–H groups in total. The van der Waals surface area contributed by atoms with Gasteiger partial charge in [-0.2, -0.15) is 0 Å². The van der Waals surface area contributed by atoms with Crippen LogP contribution in [-0.4, -0.2) is 37.5 Å². The first-order valence-electron chi connectivity index (χ1n) is 7.67. The third-order valence-electron chi connectivity index (χ3n) is 3.42. The van der Waals surface area contributed by atoms with Crippen LogP contribution in [0.25, 0.3) is 10.6 Å². The Kier molecular flexibility index (Phi) is 7.34. The number of methoxy groups -OCH3 is 2. The number of alkyl halides is 1. The minimum absolute atomic E-state index is 0.0333. The molecule has 7 heteroatoms. The molecule has 0 saturated heterocycles. The molecule has 0 unspecified atom stereocenters. The van der Waals surface area contributed by atoms with E-state index in [0.717, 1.165) is 16.3 Å². The van der Waals surface area contributed by atoms with Gasteiger partial charge in [0.15, 0.2) is 11.5 Å². The Bertz CT molecular complexity index is 676. The number of aromatic nitrogens is 1. The van der Waals surface area contributed by atoms with E-state index in [1.807, 2.05) is 23.6 Å². The number of ether oxygens (including phenoxy) is 2. The van der Waals surface area contributed by atoms with Gasteiger partial charge in [-0.25, -0.2) is 4.98 Å². The highest BCUT2D eigenvalue weighted by molar-refractivity contribution is 7.13. The Morgan fingerprint density at radius 2 is 2.08 bits per heavy atom. The number of halogens is 1. The quantitative estimate of drug-likeness (QED) is 0.688. The lowest BCUT2D eigenvalue weighted by atomic mass is 10.2. The molecule has 1 heterocycles. The van der Waals surface area contributed by atoms with E-state index < -0.39 is 0 Å². The topological polar surface area (TPSA) is 60.5 Å².